The highest BCUT2D eigenvalue weighted by Gasteiger charge is 2.28. The van der Waals surface area contributed by atoms with Gasteiger partial charge in [0.2, 0.25) is 0 Å². The van der Waals surface area contributed by atoms with Gasteiger partial charge in [-0.15, -0.1) is 0 Å². The Morgan fingerprint density at radius 1 is 1.16 bits per heavy atom. The molecule has 3 rings (SSSR count). The van der Waals surface area contributed by atoms with Crippen LogP contribution in [-0.2, 0) is 6.54 Å². The molecule has 134 valence electrons. The lowest BCUT2D eigenvalue weighted by atomic mass is 10.0. The van der Waals surface area contributed by atoms with E-state index in [4.69, 9.17) is 11.6 Å². The number of nitrogens with zero attached hydrogens (tertiary/aromatic N) is 3. The first kappa shape index (κ1) is 18.0. The number of aromatic nitrogens is 1. The van der Waals surface area contributed by atoms with Crippen LogP contribution in [0.15, 0.2) is 18.2 Å². The highest BCUT2D eigenvalue weighted by atomic mass is 35.5. The molecule has 0 saturated heterocycles. The number of urea groups is 1. The van der Waals surface area contributed by atoms with Crippen LogP contribution >= 0.6 is 11.6 Å². The minimum Gasteiger partial charge on any atom is -0.331 e. The van der Waals surface area contributed by atoms with E-state index in [0.717, 1.165) is 29.3 Å². The average Bonchev–Trinajstić information content (AvgIpc) is 3.08. The summed E-state index contributed by atoms with van der Waals surface area (Å²) in [5, 5.41) is 1.57. The number of hydrogen-bond donors (Lipinski definition) is 0. The van der Waals surface area contributed by atoms with E-state index in [1.54, 1.807) is 19.0 Å². The second kappa shape index (κ2) is 7.20. The molecule has 1 heterocycles. The zero-order chi connectivity index (χ0) is 18.1. The number of aryl methyl sites for hydroxylation is 2. The first-order valence-corrected chi connectivity index (χ1v) is 9.29. The van der Waals surface area contributed by atoms with Crippen molar-refractivity contribution in [2.45, 2.75) is 52.1 Å². The molecule has 0 spiro atoms. The third-order valence-corrected chi connectivity index (χ3v) is 5.52. The fourth-order valence-corrected chi connectivity index (χ4v) is 3.79. The molecule has 1 aromatic carbocycles. The summed E-state index contributed by atoms with van der Waals surface area (Å²) in [5.74, 6) is 0. The number of fused-ring (bicyclic) bond motifs is 1. The van der Waals surface area contributed by atoms with Crippen LogP contribution in [0.5, 0.6) is 0 Å². The van der Waals surface area contributed by atoms with E-state index in [2.05, 4.69) is 37.0 Å². The Bertz CT molecular complexity index is 797. The van der Waals surface area contributed by atoms with Crippen LogP contribution in [-0.4, -0.2) is 41.0 Å². The smallest absolute Gasteiger partial charge is 0.320 e. The van der Waals surface area contributed by atoms with Gasteiger partial charge >= 0.3 is 6.03 Å². The molecular weight excluding hydrogens is 334 g/mol. The fourth-order valence-electron chi connectivity index (χ4n) is 3.58. The van der Waals surface area contributed by atoms with Gasteiger partial charge in [-0.3, -0.25) is 0 Å². The molecule has 0 N–H and O–H groups in total. The predicted molar refractivity (Wildman–Crippen MR) is 103 cm³/mol. The van der Waals surface area contributed by atoms with Gasteiger partial charge in [0.25, 0.3) is 0 Å². The lowest BCUT2D eigenvalue weighted by Gasteiger charge is -2.31. The Balaban J connectivity index is 1.97. The van der Waals surface area contributed by atoms with Gasteiger partial charge in [-0.25, -0.2) is 9.78 Å². The van der Waals surface area contributed by atoms with Gasteiger partial charge in [0, 0.05) is 31.1 Å². The van der Waals surface area contributed by atoms with Crippen molar-refractivity contribution in [3.05, 3.63) is 40.0 Å². The number of rotatable bonds is 3. The number of carbonyl (C=O) groups excluding carboxylic acids is 1. The Morgan fingerprint density at radius 2 is 1.80 bits per heavy atom. The van der Waals surface area contributed by atoms with Crippen LogP contribution in [0.4, 0.5) is 4.79 Å². The van der Waals surface area contributed by atoms with Gasteiger partial charge in [-0.05, 0) is 56.0 Å². The molecule has 2 aromatic rings. The van der Waals surface area contributed by atoms with Crippen molar-refractivity contribution >= 4 is 28.5 Å². The molecule has 1 saturated carbocycles. The van der Waals surface area contributed by atoms with E-state index >= 15 is 0 Å². The Labute approximate surface area is 154 Å². The monoisotopic (exact) mass is 359 g/mol. The second-order valence-corrected chi connectivity index (χ2v) is 7.67. The van der Waals surface area contributed by atoms with E-state index in [9.17, 15) is 4.79 Å². The maximum atomic E-state index is 12.7. The molecule has 25 heavy (non-hydrogen) atoms. The number of carbonyl (C=O) groups is 1. The molecule has 1 aromatic heterocycles. The van der Waals surface area contributed by atoms with Gasteiger partial charge in [0.05, 0.1) is 12.1 Å². The maximum Gasteiger partial charge on any atom is 0.320 e. The van der Waals surface area contributed by atoms with Crippen LogP contribution < -0.4 is 0 Å². The summed E-state index contributed by atoms with van der Waals surface area (Å²) in [7, 11) is 3.60. The number of amides is 2. The second-order valence-electron chi connectivity index (χ2n) is 7.31. The maximum absolute atomic E-state index is 12.7. The Kier molecular flexibility index (Phi) is 5.19. The predicted octanol–water partition coefficient (Wildman–Crippen LogP) is 4.93. The third kappa shape index (κ3) is 3.74. The van der Waals surface area contributed by atoms with E-state index in [-0.39, 0.29) is 6.03 Å². The minimum absolute atomic E-state index is 0.0446. The lowest BCUT2D eigenvalue weighted by Crippen LogP contribution is -2.44. The molecule has 0 bridgehead atoms. The number of benzene rings is 1. The summed E-state index contributed by atoms with van der Waals surface area (Å²) in [4.78, 5) is 20.9. The molecule has 0 unspecified atom stereocenters. The van der Waals surface area contributed by atoms with Crippen molar-refractivity contribution in [2.75, 3.05) is 14.1 Å². The molecule has 5 heteroatoms. The molecule has 1 aliphatic rings. The fraction of sp³-hybridized carbons (Fsp3) is 0.500. The van der Waals surface area contributed by atoms with Crippen LogP contribution in [0.25, 0.3) is 10.9 Å². The van der Waals surface area contributed by atoms with Crippen molar-refractivity contribution in [1.82, 2.24) is 14.8 Å². The number of hydrogen-bond acceptors (Lipinski definition) is 2. The van der Waals surface area contributed by atoms with Gasteiger partial charge < -0.3 is 9.80 Å². The molecule has 0 aliphatic heterocycles. The van der Waals surface area contributed by atoms with Crippen molar-refractivity contribution < 1.29 is 4.79 Å². The standard InChI is InChI=1S/C20H26ClN3O/c1-13-9-15-11-16(19(21)22-18(15)10-14(13)2)12-24(20(25)23(3)4)17-7-5-6-8-17/h9-11,17H,5-8,12H2,1-4H3. The van der Waals surface area contributed by atoms with Crippen molar-refractivity contribution in [3.8, 4) is 0 Å². The topological polar surface area (TPSA) is 36.4 Å². The quantitative estimate of drug-likeness (QED) is 0.728. The zero-order valence-electron chi connectivity index (χ0n) is 15.5. The summed E-state index contributed by atoms with van der Waals surface area (Å²) < 4.78 is 0. The normalized spacial score (nSPS) is 14.9. The minimum atomic E-state index is 0.0446. The lowest BCUT2D eigenvalue weighted by molar-refractivity contribution is 0.146. The van der Waals surface area contributed by atoms with Crippen LogP contribution in [0, 0.1) is 13.8 Å². The highest BCUT2D eigenvalue weighted by Crippen LogP contribution is 2.29. The molecule has 2 amide bonds. The van der Waals surface area contributed by atoms with E-state index in [1.165, 1.54) is 24.0 Å². The molecular formula is C20H26ClN3O. The summed E-state index contributed by atoms with van der Waals surface area (Å²) in [6.45, 7) is 4.69. The van der Waals surface area contributed by atoms with Gasteiger partial charge in [0.15, 0.2) is 0 Å². The van der Waals surface area contributed by atoms with Gasteiger partial charge in [-0.2, -0.15) is 0 Å². The SMILES string of the molecule is Cc1cc2cc(CN(C(=O)N(C)C)C3CCCC3)c(Cl)nc2cc1C. The summed E-state index contributed by atoms with van der Waals surface area (Å²) in [6, 6.07) is 6.64. The molecule has 1 aliphatic carbocycles. The zero-order valence-corrected chi connectivity index (χ0v) is 16.2. The van der Waals surface area contributed by atoms with E-state index in [1.807, 2.05) is 4.90 Å². The molecule has 0 radical (unpaired) electrons. The Hall–Kier alpha value is -1.81. The largest absolute Gasteiger partial charge is 0.331 e. The summed E-state index contributed by atoms with van der Waals surface area (Å²) >= 11 is 6.47. The molecule has 0 atom stereocenters. The van der Waals surface area contributed by atoms with Crippen LogP contribution in [0.1, 0.15) is 42.4 Å². The molecule has 4 nitrogen and oxygen atoms in total. The number of halogens is 1. The van der Waals surface area contributed by atoms with Crippen molar-refractivity contribution in [3.63, 3.8) is 0 Å². The van der Waals surface area contributed by atoms with Crippen molar-refractivity contribution in [2.24, 2.45) is 0 Å². The first-order valence-electron chi connectivity index (χ1n) is 8.91. The van der Waals surface area contributed by atoms with E-state index in [0.29, 0.717) is 17.7 Å². The van der Waals surface area contributed by atoms with Gasteiger partial charge in [0.1, 0.15) is 5.15 Å². The summed E-state index contributed by atoms with van der Waals surface area (Å²) in [6.07, 6.45) is 4.50. The highest BCUT2D eigenvalue weighted by molar-refractivity contribution is 6.30. The van der Waals surface area contributed by atoms with Gasteiger partial charge in [-0.1, -0.05) is 24.4 Å². The Morgan fingerprint density at radius 3 is 2.44 bits per heavy atom. The first-order chi connectivity index (χ1) is 11.9. The number of pyridine rings is 1. The van der Waals surface area contributed by atoms with Crippen LogP contribution in [0.3, 0.4) is 0 Å². The van der Waals surface area contributed by atoms with Crippen LogP contribution in [0.2, 0.25) is 5.15 Å². The van der Waals surface area contributed by atoms with E-state index < -0.39 is 0 Å². The van der Waals surface area contributed by atoms with Crippen molar-refractivity contribution in [1.29, 1.82) is 0 Å². The average molecular weight is 360 g/mol. The third-order valence-electron chi connectivity index (χ3n) is 5.19. The summed E-state index contributed by atoms with van der Waals surface area (Å²) in [5.41, 5.74) is 4.27. The molecule has 1 fully saturated rings.